The molecule has 0 atom stereocenters. The van der Waals surface area contributed by atoms with E-state index in [9.17, 15) is 0 Å². The Labute approximate surface area is 130 Å². The van der Waals surface area contributed by atoms with E-state index < -0.39 is 0 Å². The van der Waals surface area contributed by atoms with Crippen molar-refractivity contribution >= 4 is 27.2 Å². The molecule has 108 valence electrons. The van der Waals surface area contributed by atoms with Gasteiger partial charge in [0.1, 0.15) is 11.7 Å². The summed E-state index contributed by atoms with van der Waals surface area (Å²) in [5.74, 6) is 0. The van der Waals surface area contributed by atoms with Crippen molar-refractivity contribution in [2.24, 2.45) is 7.05 Å². The number of anilines is 1. The van der Waals surface area contributed by atoms with Crippen LogP contribution >= 0.6 is 11.3 Å². The lowest BCUT2D eigenvalue weighted by atomic mass is 10.2. The van der Waals surface area contributed by atoms with Gasteiger partial charge in [-0.2, -0.15) is 4.57 Å². The maximum atomic E-state index is 2.29. The molecule has 0 saturated carbocycles. The van der Waals surface area contributed by atoms with Gasteiger partial charge in [0.15, 0.2) is 0 Å². The van der Waals surface area contributed by atoms with Crippen molar-refractivity contribution in [1.82, 2.24) is 0 Å². The Hall–Kier alpha value is -1.87. The Kier molecular flexibility index (Phi) is 3.68. The van der Waals surface area contributed by atoms with Crippen molar-refractivity contribution in [3.05, 3.63) is 48.0 Å². The monoisotopic (exact) mass is 297 g/mol. The topological polar surface area (TPSA) is 7.12 Å². The molecule has 3 rings (SSSR count). The van der Waals surface area contributed by atoms with Gasteiger partial charge in [0.05, 0.1) is 5.56 Å². The standard InChI is InChI=1S/C18H21N2S/c1-5-19(3)15-9-7-14(8-10-15)18-20(4)16-11-6-13(2)12-17(16)21-18/h6-12H,5H2,1-4H3/q+1. The zero-order valence-electron chi connectivity index (χ0n) is 13.1. The zero-order chi connectivity index (χ0) is 15.0. The first-order valence-electron chi connectivity index (χ1n) is 7.31. The molecule has 3 aromatic rings. The summed E-state index contributed by atoms with van der Waals surface area (Å²) in [7, 11) is 4.27. The van der Waals surface area contributed by atoms with Crippen molar-refractivity contribution in [3.8, 4) is 10.6 Å². The number of thiazole rings is 1. The Bertz CT molecular complexity index is 772. The van der Waals surface area contributed by atoms with Crippen LogP contribution in [0.15, 0.2) is 42.5 Å². The predicted molar refractivity (Wildman–Crippen MR) is 92.1 cm³/mol. The number of benzene rings is 2. The van der Waals surface area contributed by atoms with E-state index in [0.29, 0.717) is 0 Å². The molecule has 0 unspecified atom stereocenters. The normalized spacial score (nSPS) is 11.0. The van der Waals surface area contributed by atoms with Gasteiger partial charge in [0.2, 0.25) is 5.52 Å². The van der Waals surface area contributed by atoms with Crippen molar-refractivity contribution in [2.45, 2.75) is 13.8 Å². The summed E-state index contributed by atoms with van der Waals surface area (Å²) in [5.41, 5.74) is 5.16. The van der Waals surface area contributed by atoms with E-state index in [1.807, 2.05) is 11.3 Å². The number of aromatic nitrogens is 1. The van der Waals surface area contributed by atoms with Crippen molar-refractivity contribution < 1.29 is 4.57 Å². The van der Waals surface area contributed by atoms with Gasteiger partial charge in [-0.25, -0.2) is 0 Å². The smallest absolute Gasteiger partial charge is 0.269 e. The first-order valence-corrected chi connectivity index (χ1v) is 8.12. The van der Waals surface area contributed by atoms with Crippen LogP contribution in [0.5, 0.6) is 0 Å². The number of hydrogen-bond donors (Lipinski definition) is 0. The van der Waals surface area contributed by atoms with Crippen LogP contribution in [0.1, 0.15) is 12.5 Å². The second-order valence-electron chi connectivity index (χ2n) is 5.50. The molecule has 0 aliphatic carbocycles. The third-order valence-corrected chi connectivity index (χ3v) is 5.27. The fourth-order valence-corrected chi connectivity index (χ4v) is 3.81. The second-order valence-corrected chi connectivity index (χ2v) is 6.53. The Morgan fingerprint density at radius 3 is 2.48 bits per heavy atom. The third-order valence-electron chi connectivity index (χ3n) is 4.02. The quantitative estimate of drug-likeness (QED) is 0.659. The first kappa shape index (κ1) is 14.1. The van der Waals surface area contributed by atoms with E-state index in [-0.39, 0.29) is 0 Å². The highest BCUT2D eigenvalue weighted by atomic mass is 32.1. The Balaban J connectivity index is 2.06. The maximum Gasteiger partial charge on any atom is 0.269 e. The van der Waals surface area contributed by atoms with Crippen LogP contribution in [-0.2, 0) is 7.05 Å². The van der Waals surface area contributed by atoms with Crippen LogP contribution in [0.3, 0.4) is 0 Å². The molecule has 0 saturated heterocycles. The first-order chi connectivity index (χ1) is 10.1. The fraction of sp³-hybridized carbons (Fsp3) is 0.278. The van der Waals surface area contributed by atoms with Gasteiger partial charge in [-0.05, 0) is 49.7 Å². The lowest BCUT2D eigenvalue weighted by Crippen LogP contribution is -2.28. The van der Waals surface area contributed by atoms with Crippen LogP contribution in [0.4, 0.5) is 5.69 Å². The average Bonchev–Trinajstić information content (AvgIpc) is 2.83. The van der Waals surface area contributed by atoms with Gasteiger partial charge in [-0.1, -0.05) is 17.4 Å². The zero-order valence-corrected chi connectivity index (χ0v) is 13.9. The van der Waals surface area contributed by atoms with Crippen molar-refractivity contribution in [1.29, 1.82) is 0 Å². The highest BCUT2D eigenvalue weighted by molar-refractivity contribution is 7.21. The summed E-state index contributed by atoms with van der Waals surface area (Å²) in [6, 6.07) is 15.5. The van der Waals surface area contributed by atoms with Crippen LogP contribution in [0.2, 0.25) is 0 Å². The van der Waals surface area contributed by atoms with Crippen LogP contribution in [0.25, 0.3) is 20.8 Å². The van der Waals surface area contributed by atoms with Gasteiger partial charge >= 0.3 is 0 Å². The number of fused-ring (bicyclic) bond motifs is 1. The molecule has 0 spiro atoms. The third kappa shape index (κ3) is 2.54. The number of aryl methyl sites for hydroxylation is 2. The molecule has 0 amide bonds. The lowest BCUT2D eigenvalue weighted by Gasteiger charge is -2.16. The maximum absolute atomic E-state index is 2.29. The molecule has 0 N–H and O–H groups in total. The van der Waals surface area contributed by atoms with E-state index in [2.05, 4.69) is 79.9 Å². The van der Waals surface area contributed by atoms with Gasteiger partial charge in [-0.3, -0.25) is 0 Å². The van der Waals surface area contributed by atoms with Crippen LogP contribution in [0, 0.1) is 6.92 Å². The van der Waals surface area contributed by atoms with Crippen LogP contribution in [-0.4, -0.2) is 13.6 Å². The highest BCUT2D eigenvalue weighted by Gasteiger charge is 2.18. The summed E-state index contributed by atoms with van der Waals surface area (Å²) < 4.78 is 3.64. The SMILES string of the molecule is CCN(C)c1ccc(-c2sc3cc(C)ccc3[n+]2C)cc1. The van der Waals surface area contributed by atoms with E-state index in [4.69, 9.17) is 0 Å². The second kappa shape index (κ2) is 5.49. The van der Waals surface area contributed by atoms with Gasteiger partial charge in [0.25, 0.3) is 5.01 Å². The largest absolute Gasteiger partial charge is 0.375 e. The van der Waals surface area contributed by atoms with E-state index in [0.717, 1.165) is 6.54 Å². The number of nitrogens with zero attached hydrogens (tertiary/aromatic N) is 2. The Morgan fingerprint density at radius 1 is 1.10 bits per heavy atom. The molecular weight excluding hydrogens is 276 g/mol. The molecule has 0 aliphatic rings. The van der Waals surface area contributed by atoms with Crippen molar-refractivity contribution in [2.75, 3.05) is 18.5 Å². The lowest BCUT2D eigenvalue weighted by molar-refractivity contribution is -0.629. The van der Waals surface area contributed by atoms with E-state index in [1.54, 1.807) is 0 Å². The fourth-order valence-electron chi connectivity index (χ4n) is 2.56. The van der Waals surface area contributed by atoms with Gasteiger partial charge in [-0.15, -0.1) is 0 Å². The molecule has 1 heterocycles. The number of rotatable bonds is 3. The van der Waals surface area contributed by atoms with E-state index in [1.165, 1.54) is 32.0 Å². The molecule has 0 aliphatic heterocycles. The van der Waals surface area contributed by atoms with Crippen LogP contribution < -0.4 is 9.47 Å². The summed E-state index contributed by atoms with van der Waals surface area (Å²) >= 11 is 1.86. The molecule has 3 heteroatoms. The summed E-state index contributed by atoms with van der Waals surface area (Å²) in [6.45, 7) is 5.34. The average molecular weight is 297 g/mol. The Morgan fingerprint density at radius 2 is 1.81 bits per heavy atom. The minimum absolute atomic E-state index is 1.02. The van der Waals surface area contributed by atoms with Gasteiger partial charge < -0.3 is 4.90 Å². The minimum Gasteiger partial charge on any atom is -0.375 e. The predicted octanol–water partition coefficient (Wildman–Crippen LogP) is 4.16. The molecule has 21 heavy (non-hydrogen) atoms. The molecule has 2 nitrogen and oxygen atoms in total. The molecule has 2 aromatic carbocycles. The van der Waals surface area contributed by atoms with Crippen molar-refractivity contribution in [3.63, 3.8) is 0 Å². The minimum atomic E-state index is 1.02. The molecule has 1 aromatic heterocycles. The van der Waals surface area contributed by atoms with Gasteiger partial charge in [0, 0.05) is 25.3 Å². The number of hydrogen-bond acceptors (Lipinski definition) is 2. The molecule has 0 fully saturated rings. The molecular formula is C18H21N2S+. The summed E-state index contributed by atoms with van der Waals surface area (Å²) in [6.07, 6.45) is 0. The highest BCUT2D eigenvalue weighted by Crippen LogP contribution is 2.29. The molecule has 0 bridgehead atoms. The molecule has 0 radical (unpaired) electrons. The van der Waals surface area contributed by atoms with E-state index >= 15 is 0 Å². The summed E-state index contributed by atoms with van der Waals surface area (Å²) in [4.78, 5) is 2.25. The summed E-state index contributed by atoms with van der Waals surface area (Å²) in [5, 5.41) is 1.31.